The first-order valence-corrected chi connectivity index (χ1v) is 8.97. The van der Waals surface area contributed by atoms with E-state index in [-0.39, 0.29) is 30.1 Å². The van der Waals surface area contributed by atoms with Gasteiger partial charge in [-0.15, -0.1) is 0 Å². The number of anilines is 1. The van der Waals surface area contributed by atoms with Crippen LogP contribution in [0.5, 0.6) is 5.75 Å². The molecular formula is C23H19NO5. The fourth-order valence-corrected chi connectivity index (χ4v) is 2.77. The maximum absolute atomic E-state index is 12.2. The Morgan fingerprint density at radius 2 is 1.38 bits per heavy atom. The minimum Gasteiger partial charge on any atom is -0.478 e. The number of nitrogens with one attached hydrogen (secondary N) is 1. The van der Waals surface area contributed by atoms with Crippen LogP contribution in [0.1, 0.15) is 21.5 Å². The number of amides is 1. The van der Waals surface area contributed by atoms with Gasteiger partial charge >= 0.3 is 11.9 Å². The molecule has 3 aromatic carbocycles. The SMILES string of the molecule is O=C(Cc1ccccc1)Nc1ccc(OC(=O)Cc2ccccc2)c(C(=O)O)c1. The molecule has 0 radical (unpaired) electrons. The molecule has 29 heavy (non-hydrogen) atoms. The lowest BCUT2D eigenvalue weighted by molar-refractivity contribution is -0.133. The van der Waals surface area contributed by atoms with E-state index in [1.807, 2.05) is 36.4 Å². The molecule has 3 rings (SSSR count). The van der Waals surface area contributed by atoms with E-state index < -0.39 is 11.9 Å². The summed E-state index contributed by atoms with van der Waals surface area (Å²) in [5.41, 5.74) is 1.71. The van der Waals surface area contributed by atoms with Crippen molar-refractivity contribution in [2.75, 3.05) is 5.32 Å². The second-order valence-electron chi connectivity index (χ2n) is 6.36. The van der Waals surface area contributed by atoms with Crippen LogP contribution in [0.4, 0.5) is 5.69 Å². The predicted octanol–water partition coefficient (Wildman–Crippen LogP) is 3.71. The summed E-state index contributed by atoms with van der Waals surface area (Å²) in [6.45, 7) is 0. The number of carbonyl (C=O) groups excluding carboxylic acids is 2. The van der Waals surface area contributed by atoms with Crippen LogP contribution >= 0.6 is 0 Å². The van der Waals surface area contributed by atoms with Crippen molar-refractivity contribution >= 4 is 23.5 Å². The van der Waals surface area contributed by atoms with Crippen molar-refractivity contribution in [1.29, 1.82) is 0 Å². The van der Waals surface area contributed by atoms with E-state index in [1.54, 1.807) is 24.3 Å². The molecule has 0 saturated carbocycles. The Hall–Kier alpha value is -3.93. The molecular weight excluding hydrogens is 370 g/mol. The van der Waals surface area contributed by atoms with Gasteiger partial charge < -0.3 is 15.2 Å². The molecule has 1 amide bonds. The number of ether oxygens (including phenoxy) is 1. The molecule has 6 nitrogen and oxygen atoms in total. The lowest BCUT2D eigenvalue weighted by Crippen LogP contribution is -2.16. The molecule has 0 spiro atoms. The number of hydrogen-bond donors (Lipinski definition) is 2. The van der Waals surface area contributed by atoms with Crippen molar-refractivity contribution < 1.29 is 24.2 Å². The summed E-state index contributed by atoms with van der Waals surface area (Å²) < 4.78 is 5.23. The third-order valence-electron chi connectivity index (χ3n) is 4.12. The van der Waals surface area contributed by atoms with Gasteiger partial charge in [0.15, 0.2) is 0 Å². The summed E-state index contributed by atoms with van der Waals surface area (Å²) in [7, 11) is 0. The normalized spacial score (nSPS) is 10.2. The van der Waals surface area contributed by atoms with Crippen LogP contribution < -0.4 is 10.1 Å². The van der Waals surface area contributed by atoms with Crippen molar-refractivity contribution in [2.45, 2.75) is 12.8 Å². The van der Waals surface area contributed by atoms with E-state index in [2.05, 4.69) is 5.32 Å². The van der Waals surface area contributed by atoms with Crippen LogP contribution in [0.15, 0.2) is 78.9 Å². The number of esters is 1. The number of carbonyl (C=O) groups is 3. The maximum atomic E-state index is 12.2. The molecule has 0 aliphatic carbocycles. The molecule has 0 heterocycles. The van der Waals surface area contributed by atoms with E-state index >= 15 is 0 Å². The number of hydrogen-bond acceptors (Lipinski definition) is 4. The van der Waals surface area contributed by atoms with Crippen LogP contribution in [0, 0.1) is 0 Å². The van der Waals surface area contributed by atoms with Crippen LogP contribution in [0.25, 0.3) is 0 Å². The van der Waals surface area contributed by atoms with E-state index in [0.29, 0.717) is 5.69 Å². The Labute approximate surface area is 167 Å². The van der Waals surface area contributed by atoms with Crippen LogP contribution in [0.2, 0.25) is 0 Å². The summed E-state index contributed by atoms with van der Waals surface area (Å²) in [6, 6.07) is 22.3. The monoisotopic (exact) mass is 389 g/mol. The van der Waals surface area contributed by atoms with E-state index in [1.165, 1.54) is 18.2 Å². The molecule has 0 aliphatic heterocycles. The van der Waals surface area contributed by atoms with E-state index in [4.69, 9.17) is 4.74 Å². The lowest BCUT2D eigenvalue weighted by atomic mass is 10.1. The number of carboxylic acids is 1. The van der Waals surface area contributed by atoms with Crippen molar-refractivity contribution in [2.24, 2.45) is 0 Å². The maximum Gasteiger partial charge on any atom is 0.339 e. The first-order valence-electron chi connectivity index (χ1n) is 8.97. The quantitative estimate of drug-likeness (QED) is 0.475. The van der Waals surface area contributed by atoms with Gasteiger partial charge in [0.2, 0.25) is 5.91 Å². The Balaban J connectivity index is 1.69. The standard InChI is InChI=1S/C23H19NO5/c25-21(13-16-7-3-1-4-8-16)24-18-11-12-20(19(15-18)23(27)28)29-22(26)14-17-9-5-2-6-10-17/h1-12,15H,13-14H2,(H,24,25)(H,27,28). The molecule has 2 N–H and O–H groups in total. The topological polar surface area (TPSA) is 92.7 Å². The average molecular weight is 389 g/mol. The van der Waals surface area contributed by atoms with Crippen molar-refractivity contribution in [3.05, 3.63) is 95.6 Å². The molecule has 0 unspecified atom stereocenters. The lowest BCUT2D eigenvalue weighted by Gasteiger charge is -2.11. The van der Waals surface area contributed by atoms with Gasteiger partial charge in [-0.2, -0.15) is 0 Å². The third kappa shape index (κ3) is 5.77. The van der Waals surface area contributed by atoms with Gasteiger partial charge in [-0.3, -0.25) is 9.59 Å². The van der Waals surface area contributed by atoms with Gasteiger partial charge in [0.1, 0.15) is 11.3 Å². The molecule has 0 bridgehead atoms. The predicted molar refractivity (Wildman–Crippen MR) is 108 cm³/mol. The Morgan fingerprint density at radius 1 is 0.793 bits per heavy atom. The van der Waals surface area contributed by atoms with Gasteiger partial charge in [-0.25, -0.2) is 4.79 Å². The summed E-state index contributed by atoms with van der Waals surface area (Å²) in [5, 5.41) is 12.1. The smallest absolute Gasteiger partial charge is 0.339 e. The minimum atomic E-state index is -1.26. The highest BCUT2D eigenvalue weighted by atomic mass is 16.5. The Kier molecular flexibility index (Phi) is 6.37. The van der Waals surface area contributed by atoms with Crippen LogP contribution in [-0.4, -0.2) is 23.0 Å². The summed E-state index contributed by atoms with van der Waals surface area (Å²) >= 11 is 0. The van der Waals surface area contributed by atoms with Gasteiger partial charge in [-0.05, 0) is 29.3 Å². The molecule has 0 aromatic heterocycles. The van der Waals surface area contributed by atoms with E-state index in [9.17, 15) is 19.5 Å². The first kappa shape index (κ1) is 19.8. The summed E-state index contributed by atoms with van der Waals surface area (Å²) in [4.78, 5) is 35.9. The fourth-order valence-electron chi connectivity index (χ4n) is 2.77. The van der Waals surface area contributed by atoms with Gasteiger partial charge in [0.25, 0.3) is 0 Å². The van der Waals surface area contributed by atoms with Gasteiger partial charge in [0, 0.05) is 5.69 Å². The summed E-state index contributed by atoms with van der Waals surface area (Å²) in [6.07, 6.45) is 0.187. The molecule has 6 heteroatoms. The summed E-state index contributed by atoms with van der Waals surface area (Å²) in [5.74, 6) is -2.17. The molecule has 3 aromatic rings. The van der Waals surface area contributed by atoms with Crippen LogP contribution in [-0.2, 0) is 22.4 Å². The fraction of sp³-hybridized carbons (Fsp3) is 0.0870. The highest BCUT2D eigenvalue weighted by molar-refractivity contribution is 5.97. The first-order chi connectivity index (χ1) is 14.0. The Bertz CT molecular complexity index is 1020. The van der Waals surface area contributed by atoms with E-state index in [0.717, 1.165) is 11.1 Å². The van der Waals surface area contributed by atoms with Crippen LogP contribution in [0.3, 0.4) is 0 Å². The average Bonchev–Trinajstić information content (AvgIpc) is 2.70. The molecule has 0 fully saturated rings. The zero-order valence-electron chi connectivity index (χ0n) is 15.5. The van der Waals surface area contributed by atoms with Gasteiger partial charge in [-0.1, -0.05) is 60.7 Å². The van der Waals surface area contributed by atoms with Crippen molar-refractivity contribution in [1.82, 2.24) is 0 Å². The van der Waals surface area contributed by atoms with Gasteiger partial charge in [0.05, 0.1) is 12.8 Å². The number of aromatic carboxylic acids is 1. The molecule has 0 aliphatic rings. The number of benzene rings is 3. The second-order valence-corrected chi connectivity index (χ2v) is 6.36. The molecule has 0 saturated heterocycles. The van der Waals surface area contributed by atoms with Crippen molar-refractivity contribution in [3.8, 4) is 5.75 Å². The highest BCUT2D eigenvalue weighted by Crippen LogP contribution is 2.24. The third-order valence-corrected chi connectivity index (χ3v) is 4.12. The Morgan fingerprint density at radius 3 is 1.97 bits per heavy atom. The highest BCUT2D eigenvalue weighted by Gasteiger charge is 2.17. The molecule has 146 valence electrons. The zero-order chi connectivity index (χ0) is 20.6. The number of rotatable bonds is 7. The zero-order valence-corrected chi connectivity index (χ0v) is 15.5. The number of carboxylic acid groups (broad SMARTS) is 1. The second kappa shape index (κ2) is 9.32. The minimum absolute atomic E-state index is 0.0233. The molecule has 0 atom stereocenters. The van der Waals surface area contributed by atoms with Crippen molar-refractivity contribution in [3.63, 3.8) is 0 Å². The largest absolute Gasteiger partial charge is 0.478 e.